The van der Waals surface area contributed by atoms with Gasteiger partial charge in [0.15, 0.2) is 0 Å². The van der Waals surface area contributed by atoms with Crippen molar-refractivity contribution in [3.8, 4) is 5.88 Å². The molecule has 0 saturated carbocycles. The molecule has 1 fully saturated rings. The number of fused-ring (bicyclic) bond motifs is 1. The highest BCUT2D eigenvalue weighted by atomic mass is 16.7. The lowest BCUT2D eigenvalue weighted by molar-refractivity contribution is 0.00578. The monoisotopic (exact) mass is 376 g/mol. The van der Waals surface area contributed by atoms with Crippen molar-refractivity contribution in [1.29, 1.82) is 0 Å². The normalized spacial score (nSPS) is 20.9. The van der Waals surface area contributed by atoms with Crippen LogP contribution in [0, 0.1) is 6.92 Å². The van der Waals surface area contributed by atoms with Crippen LogP contribution in [-0.4, -0.2) is 48.2 Å². The molecule has 0 N–H and O–H groups in total. The van der Waals surface area contributed by atoms with E-state index < -0.39 is 30.0 Å². The van der Waals surface area contributed by atoms with Gasteiger partial charge < -0.3 is 18.8 Å². The van der Waals surface area contributed by atoms with Gasteiger partial charge in [0, 0.05) is 11.7 Å². The van der Waals surface area contributed by atoms with Gasteiger partial charge >= 0.3 is 13.2 Å². The van der Waals surface area contributed by atoms with Crippen LogP contribution >= 0.6 is 0 Å². The Morgan fingerprint density at radius 2 is 1.81 bits per heavy atom. The fourth-order valence-electron chi connectivity index (χ4n) is 3.06. The second-order valence-corrected chi connectivity index (χ2v) is 9.06. The maximum Gasteiger partial charge on any atom is 0.496 e. The Bertz CT molecular complexity index is 741. The van der Waals surface area contributed by atoms with Gasteiger partial charge in [0.2, 0.25) is 5.88 Å². The summed E-state index contributed by atoms with van der Waals surface area (Å²) in [4.78, 5) is 18.7. The molecule has 1 aromatic rings. The van der Waals surface area contributed by atoms with E-state index in [0.717, 1.165) is 11.0 Å². The summed E-state index contributed by atoms with van der Waals surface area (Å²) in [5.41, 5.74) is 0.737. The average Bonchev–Trinajstić information content (AvgIpc) is 2.73. The summed E-state index contributed by atoms with van der Waals surface area (Å²) in [6.45, 7) is 16.2. The molecule has 3 heterocycles. The Balaban J connectivity index is 1.98. The van der Waals surface area contributed by atoms with Gasteiger partial charge in [-0.05, 0) is 61.0 Å². The summed E-state index contributed by atoms with van der Waals surface area (Å²) in [5, 5.41) is 0. The molecule has 27 heavy (non-hydrogen) atoms. The molecule has 2 aliphatic rings. The Hall–Kier alpha value is -1.80. The number of ether oxygens (including phenoxy) is 2. The van der Waals surface area contributed by atoms with E-state index in [4.69, 9.17) is 18.8 Å². The molecule has 8 heteroatoms. The number of rotatable bonds is 1. The third-order valence-electron chi connectivity index (χ3n) is 5.26. The van der Waals surface area contributed by atoms with Crippen molar-refractivity contribution < 1.29 is 23.6 Å². The molecule has 1 amide bonds. The molecular weight excluding hydrogens is 347 g/mol. The number of anilines is 1. The Kier molecular flexibility index (Phi) is 4.71. The zero-order chi connectivity index (χ0) is 20.2. The number of amides is 1. The van der Waals surface area contributed by atoms with E-state index in [1.54, 1.807) is 11.1 Å². The van der Waals surface area contributed by atoms with Gasteiger partial charge in [-0.15, -0.1) is 0 Å². The van der Waals surface area contributed by atoms with Crippen molar-refractivity contribution >= 4 is 24.4 Å². The fraction of sp³-hybridized carbons (Fsp3) is 0.684. The first-order chi connectivity index (χ1) is 12.3. The zero-order valence-electron chi connectivity index (χ0n) is 17.5. The molecule has 0 aliphatic carbocycles. The molecule has 1 aromatic heterocycles. The number of nitrogens with zero attached hydrogens (tertiary/aromatic N) is 2. The standard InChI is InChI=1S/C19H29BN2O5/c1-12-13(20-26-18(5,6)19(7,8)27-20)11-21-15-14(12)22(9-10-24-15)16(23)25-17(2,3)4/h11H,9-10H2,1-8H3. The van der Waals surface area contributed by atoms with E-state index in [1.165, 1.54) is 0 Å². The first-order valence-corrected chi connectivity index (χ1v) is 9.31. The first-order valence-electron chi connectivity index (χ1n) is 9.31. The van der Waals surface area contributed by atoms with Crippen LogP contribution < -0.4 is 15.1 Å². The average molecular weight is 376 g/mol. The minimum atomic E-state index is -0.583. The van der Waals surface area contributed by atoms with Crippen molar-refractivity contribution in [2.24, 2.45) is 0 Å². The van der Waals surface area contributed by atoms with Crippen molar-refractivity contribution in [3.63, 3.8) is 0 Å². The smallest absolute Gasteiger partial charge is 0.474 e. The largest absolute Gasteiger partial charge is 0.496 e. The van der Waals surface area contributed by atoms with Crippen LogP contribution in [0.1, 0.15) is 54.0 Å². The van der Waals surface area contributed by atoms with Gasteiger partial charge in [-0.3, -0.25) is 4.90 Å². The predicted molar refractivity (Wildman–Crippen MR) is 104 cm³/mol. The Morgan fingerprint density at radius 1 is 1.22 bits per heavy atom. The van der Waals surface area contributed by atoms with Crippen LogP contribution in [0.3, 0.4) is 0 Å². The second-order valence-electron chi connectivity index (χ2n) is 9.06. The molecule has 0 radical (unpaired) electrons. The van der Waals surface area contributed by atoms with Crippen molar-refractivity contribution in [3.05, 3.63) is 11.8 Å². The van der Waals surface area contributed by atoms with Gasteiger partial charge in [-0.25, -0.2) is 9.78 Å². The summed E-state index contributed by atoms with van der Waals surface area (Å²) in [5.74, 6) is 0.421. The lowest BCUT2D eigenvalue weighted by Gasteiger charge is -2.32. The van der Waals surface area contributed by atoms with E-state index >= 15 is 0 Å². The maximum absolute atomic E-state index is 12.7. The highest BCUT2D eigenvalue weighted by molar-refractivity contribution is 6.62. The molecule has 0 bridgehead atoms. The lowest BCUT2D eigenvalue weighted by atomic mass is 9.77. The van der Waals surface area contributed by atoms with Crippen molar-refractivity contribution in [2.45, 2.75) is 72.2 Å². The SMILES string of the molecule is Cc1c(B2OC(C)(C)C(C)(C)O2)cnc2c1N(C(=O)OC(C)(C)C)CCO2. The predicted octanol–water partition coefficient (Wildman–Crippen LogP) is 2.82. The van der Waals surface area contributed by atoms with Crippen LogP contribution in [0.4, 0.5) is 10.5 Å². The second kappa shape index (κ2) is 6.38. The van der Waals surface area contributed by atoms with Gasteiger partial charge in [-0.2, -0.15) is 0 Å². The molecule has 2 aliphatic heterocycles. The number of carbonyl (C=O) groups is 1. The number of hydrogen-bond acceptors (Lipinski definition) is 6. The molecule has 0 unspecified atom stereocenters. The van der Waals surface area contributed by atoms with Gasteiger partial charge in [-0.1, -0.05) is 0 Å². The quantitative estimate of drug-likeness (QED) is 0.702. The molecule has 7 nitrogen and oxygen atoms in total. The van der Waals surface area contributed by atoms with Crippen LogP contribution in [0.2, 0.25) is 0 Å². The number of pyridine rings is 1. The summed E-state index contributed by atoms with van der Waals surface area (Å²) < 4.78 is 23.6. The van der Waals surface area contributed by atoms with E-state index in [2.05, 4.69) is 4.98 Å². The van der Waals surface area contributed by atoms with E-state index in [1.807, 2.05) is 55.4 Å². The minimum Gasteiger partial charge on any atom is -0.474 e. The lowest BCUT2D eigenvalue weighted by Crippen LogP contribution is -2.44. The Labute approximate surface area is 161 Å². The first kappa shape index (κ1) is 20.0. The number of aromatic nitrogens is 1. The van der Waals surface area contributed by atoms with E-state index in [-0.39, 0.29) is 0 Å². The summed E-state index contributed by atoms with van der Waals surface area (Å²) in [7, 11) is -0.560. The van der Waals surface area contributed by atoms with Crippen LogP contribution in [0.15, 0.2) is 6.20 Å². The molecule has 0 aromatic carbocycles. The summed E-state index contributed by atoms with van der Waals surface area (Å²) in [6.07, 6.45) is 1.29. The number of carbonyl (C=O) groups excluding carboxylic acids is 1. The zero-order valence-corrected chi connectivity index (χ0v) is 17.5. The van der Waals surface area contributed by atoms with Crippen LogP contribution in [0.5, 0.6) is 5.88 Å². The van der Waals surface area contributed by atoms with Crippen LogP contribution in [0.25, 0.3) is 0 Å². The van der Waals surface area contributed by atoms with Gasteiger partial charge in [0.05, 0.1) is 17.7 Å². The molecule has 0 atom stereocenters. The summed E-state index contributed by atoms with van der Waals surface area (Å²) >= 11 is 0. The van der Waals surface area contributed by atoms with Gasteiger partial charge in [0.1, 0.15) is 17.9 Å². The Morgan fingerprint density at radius 3 is 2.37 bits per heavy atom. The third kappa shape index (κ3) is 3.65. The highest BCUT2D eigenvalue weighted by Gasteiger charge is 2.52. The maximum atomic E-state index is 12.7. The van der Waals surface area contributed by atoms with E-state index in [0.29, 0.717) is 24.7 Å². The summed E-state index contributed by atoms with van der Waals surface area (Å²) in [6, 6.07) is 0. The van der Waals surface area contributed by atoms with Gasteiger partial charge in [0.25, 0.3) is 0 Å². The number of hydrogen-bond donors (Lipinski definition) is 0. The molecule has 0 spiro atoms. The molecule has 3 rings (SSSR count). The third-order valence-corrected chi connectivity index (χ3v) is 5.26. The molecule has 148 valence electrons. The molecule has 1 saturated heterocycles. The topological polar surface area (TPSA) is 70.1 Å². The highest BCUT2D eigenvalue weighted by Crippen LogP contribution is 2.38. The van der Waals surface area contributed by atoms with E-state index in [9.17, 15) is 4.79 Å². The molecular formula is C19H29BN2O5. The van der Waals surface area contributed by atoms with Crippen LogP contribution in [-0.2, 0) is 14.0 Å². The minimum absolute atomic E-state index is 0.370. The van der Waals surface area contributed by atoms with Crippen molar-refractivity contribution in [2.75, 3.05) is 18.1 Å². The fourth-order valence-corrected chi connectivity index (χ4v) is 3.06. The van der Waals surface area contributed by atoms with Crippen molar-refractivity contribution in [1.82, 2.24) is 4.98 Å².